The molecule has 0 saturated carbocycles. The van der Waals surface area contributed by atoms with Crippen LogP contribution in [0.2, 0.25) is 10.0 Å². The van der Waals surface area contributed by atoms with Crippen molar-refractivity contribution in [3.8, 4) is 0 Å². The minimum absolute atomic E-state index is 0.0515. The Hall–Kier alpha value is -3.57. The van der Waals surface area contributed by atoms with Gasteiger partial charge in [0.25, 0.3) is 20.0 Å². The summed E-state index contributed by atoms with van der Waals surface area (Å²) in [4.78, 5) is 13.1. The smallest absolute Gasteiger partial charge is 0.264 e. The fraction of sp³-hybridized carbons (Fsp3) is 0.107. The lowest BCUT2D eigenvalue weighted by Gasteiger charge is -2.26. The number of rotatable bonds is 10. The Morgan fingerprint density at radius 1 is 0.775 bits per heavy atom. The number of sulfonamides is 2. The molecule has 0 saturated heterocycles. The van der Waals surface area contributed by atoms with Crippen molar-refractivity contribution in [2.75, 3.05) is 20.9 Å². The molecule has 0 aliphatic heterocycles. The lowest BCUT2D eigenvalue weighted by molar-refractivity contribution is -0.114. The Morgan fingerprint density at radius 3 is 2.10 bits per heavy atom. The van der Waals surface area contributed by atoms with Crippen molar-refractivity contribution in [1.82, 2.24) is 0 Å². The molecule has 0 fully saturated rings. The number of para-hydroxylation sites is 1. The molecular weight excluding hydrogens is 593 g/mol. The molecule has 0 heterocycles. The highest BCUT2D eigenvalue weighted by Crippen LogP contribution is 2.31. The van der Waals surface area contributed by atoms with Gasteiger partial charge in [-0.1, -0.05) is 72.6 Å². The van der Waals surface area contributed by atoms with Crippen LogP contribution in [0.4, 0.5) is 17.1 Å². The van der Waals surface area contributed by atoms with Crippen LogP contribution in [0.1, 0.15) is 12.5 Å². The first-order valence-electron chi connectivity index (χ1n) is 12.1. The van der Waals surface area contributed by atoms with Crippen molar-refractivity contribution in [3.63, 3.8) is 0 Å². The van der Waals surface area contributed by atoms with E-state index in [0.717, 1.165) is 9.87 Å². The van der Waals surface area contributed by atoms with Gasteiger partial charge in [-0.05, 0) is 66.6 Å². The van der Waals surface area contributed by atoms with Crippen LogP contribution in [0.3, 0.4) is 0 Å². The standard InChI is InChI=1S/C28H25Cl2N3O5S2/c1-2-20-9-6-7-14-26(20)33(40(37,38)23-10-4-3-5-11-23)19-27(34)31-21-15-17-22(18-16-21)39(35,36)32-25-13-8-12-24(29)28(25)30/h3-18,32H,2,19H2,1H3,(H,31,34). The van der Waals surface area contributed by atoms with Crippen LogP contribution < -0.4 is 14.3 Å². The predicted molar refractivity (Wildman–Crippen MR) is 159 cm³/mol. The van der Waals surface area contributed by atoms with Gasteiger partial charge >= 0.3 is 0 Å². The Morgan fingerprint density at radius 2 is 1.43 bits per heavy atom. The van der Waals surface area contributed by atoms with Gasteiger partial charge in [-0.15, -0.1) is 0 Å². The van der Waals surface area contributed by atoms with Crippen LogP contribution in [-0.4, -0.2) is 29.3 Å². The highest BCUT2D eigenvalue weighted by Gasteiger charge is 2.28. The number of carbonyl (C=O) groups is 1. The normalized spacial score (nSPS) is 11.6. The highest BCUT2D eigenvalue weighted by atomic mass is 35.5. The number of hydrogen-bond donors (Lipinski definition) is 2. The second-order valence-electron chi connectivity index (χ2n) is 8.59. The molecule has 4 rings (SSSR count). The van der Waals surface area contributed by atoms with E-state index < -0.39 is 32.5 Å². The van der Waals surface area contributed by atoms with Crippen molar-refractivity contribution in [1.29, 1.82) is 0 Å². The summed E-state index contributed by atoms with van der Waals surface area (Å²) in [7, 11) is -8.08. The summed E-state index contributed by atoms with van der Waals surface area (Å²) >= 11 is 12.1. The van der Waals surface area contributed by atoms with E-state index in [4.69, 9.17) is 23.2 Å². The molecular formula is C28H25Cl2N3O5S2. The molecule has 0 bridgehead atoms. The summed E-state index contributed by atoms with van der Waals surface area (Å²) in [5.41, 5.74) is 1.57. The van der Waals surface area contributed by atoms with Crippen molar-refractivity contribution < 1.29 is 21.6 Å². The van der Waals surface area contributed by atoms with Crippen LogP contribution in [0.5, 0.6) is 0 Å². The Kier molecular flexibility index (Phi) is 9.05. The Labute approximate surface area is 243 Å². The summed E-state index contributed by atoms with van der Waals surface area (Å²) in [5.74, 6) is -0.607. The summed E-state index contributed by atoms with van der Waals surface area (Å²) in [6, 6.07) is 24.9. The first kappa shape index (κ1) is 29.4. The number of anilines is 3. The van der Waals surface area contributed by atoms with E-state index in [2.05, 4.69) is 10.0 Å². The molecule has 0 spiro atoms. The zero-order valence-corrected chi connectivity index (χ0v) is 24.4. The van der Waals surface area contributed by atoms with Gasteiger partial charge in [0.15, 0.2) is 0 Å². The molecule has 40 heavy (non-hydrogen) atoms. The highest BCUT2D eigenvalue weighted by molar-refractivity contribution is 7.93. The topological polar surface area (TPSA) is 113 Å². The Balaban J connectivity index is 1.55. The number of halogens is 2. The maximum atomic E-state index is 13.6. The summed E-state index contributed by atoms with van der Waals surface area (Å²) in [6.45, 7) is 1.40. The van der Waals surface area contributed by atoms with E-state index in [-0.39, 0.29) is 31.2 Å². The SMILES string of the molecule is CCc1ccccc1N(CC(=O)Nc1ccc(S(=O)(=O)Nc2cccc(Cl)c2Cl)cc1)S(=O)(=O)c1ccccc1. The monoisotopic (exact) mass is 617 g/mol. The fourth-order valence-corrected chi connectivity index (χ4v) is 6.86. The molecule has 208 valence electrons. The van der Waals surface area contributed by atoms with E-state index >= 15 is 0 Å². The molecule has 12 heteroatoms. The first-order valence-corrected chi connectivity index (χ1v) is 15.7. The molecule has 0 radical (unpaired) electrons. The maximum Gasteiger partial charge on any atom is 0.264 e. The average Bonchev–Trinajstić information content (AvgIpc) is 2.95. The van der Waals surface area contributed by atoms with E-state index in [0.29, 0.717) is 12.1 Å². The lowest BCUT2D eigenvalue weighted by atomic mass is 10.1. The molecule has 0 aliphatic rings. The molecule has 1 amide bonds. The summed E-state index contributed by atoms with van der Waals surface area (Å²) in [5, 5.41) is 2.91. The first-order chi connectivity index (χ1) is 19.0. The van der Waals surface area contributed by atoms with Gasteiger partial charge < -0.3 is 5.32 Å². The second-order valence-corrected chi connectivity index (χ2v) is 12.9. The van der Waals surface area contributed by atoms with Gasteiger partial charge in [-0.2, -0.15) is 0 Å². The molecule has 2 N–H and O–H groups in total. The van der Waals surface area contributed by atoms with Gasteiger partial charge in [-0.25, -0.2) is 16.8 Å². The molecule has 0 unspecified atom stereocenters. The van der Waals surface area contributed by atoms with Crippen molar-refractivity contribution in [2.24, 2.45) is 0 Å². The van der Waals surface area contributed by atoms with Crippen LogP contribution in [-0.2, 0) is 31.3 Å². The zero-order valence-electron chi connectivity index (χ0n) is 21.2. The largest absolute Gasteiger partial charge is 0.325 e. The molecule has 4 aromatic rings. The summed E-state index contributed by atoms with van der Waals surface area (Å²) in [6.07, 6.45) is 0.559. The van der Waals surface area contributed by atoms with Crippen LogP contribution in [0.25, 0.3) is 0 Å². The van der Waals surface area contributed by atoms with Crippen LogP contribution in [0.15, 0.2) is 107 Å². The average molecular weight is 619 g/mol. The van der Waals surface area contributed by atoms with Gasteiger partial charge in [0.2, 0.25) is 5.91 Å². The molecule has 0 aliphatic carbocycles. The lowest BCUT2D eigenvalue weighted by Crippen LogP contribution is -2.38. The van der Waals surface area contributed by atoms with Gasteiger partial charge in [0, 0.05) is 5.69 Å². The third kappa shape index (κ3) is 6.59. The third-order valence-electron chi connectivity index (χ3n) is 5.90. The Bertz CT molecular complexity index is 1730. The quantitative estimate of drug-likeness (QED) is 0.220. The van der Waals surface area contributed by atoms with Crippen molar-refractivity contribution >= 4 is 66.2 Å². The number of nitrogens with one attached hydrogen (secondary N) is 2. The number of amides is 1. The number of aryl methyl sites for hydroxylation is 1. The van der Waals surface area contributed by atoms with Crippen molar-refractivity contribution in [2.45, 2.75) is 23.1 Å². The van der Waals surface area contributed by atoms with Gasteiger partial charge in [-0.3, -0.25) is 13.8 Å². The number of hydrogen-bond acceptors (Lipinski definition) is 5. The maximum absolute atomic E-state index is 13.6. The molecule has 4 aromatic carbocycles. The second kappa shape index (κ2) is 12.3. The van der Waals surface area contributed by atoms with E-state index in [1.807, 2.05) is 13.0 Å². The van der Waals surface area contributed by atoms with E-state index in [1.54, 1.807) is 42.5 Å². The number of nitrogens with zero attached hydrogens (tertiary/aromatic N) is 1. The number of benzene rings is 4. The van der Waals surface area contributed by atoms with Crippen LogP contribution in [0, 0.1) is 0 Å². The number of carbonyl (C=O) groups excluding carboxylic acids is 1. The van der Waals surface area contributed by atoms with Gasteiger partial charge in [0.1, 0.15) is 6.54 Å². The minimum Gasteiger partial charge on any atom is -0.325 e. The summed E-state index contributed by atoms with van der Waals surface area (Å²) < 4.78 is 56.3. The molecule has 0 atom stereocenters. The van der Waals surface area contributed by atoms with Gasteiger partial charge in [0.05, 0.1) is 31.2 Å². The zero-order chi connectivity index (χ0) is 28.9. The third-order valence-corrected chi connectivity index (χ3v) is 9.88. The fourth-order valence-electron chi connectivity index (χ4n) is 3.91. The van der Waals surface area contributed by atoms with Crippen molar-refractivity contribution in [3.05, 3.63) is 113 Å². The van der Waals surface area contributed by atoms with E-state index in [1.165, 1.54) is 48.5 Å². The van der Waals surface area contributed by atoms with E-state index in [9.17, 15) is 21.6 Å². The molecule has 0 aromatic heterocycles. The molecule has 8 nitrogen and oxygen atoms in total. The predicted octanol–water partition coefficient (Wildman–Crippen LogP) is 6.19. The minimum atomic E-state index is -4.07. The van der Waals surface area contributed by atoms with Crippen LogP contribution >= 0.6 is 23.2 Å².